The fourth-order valence-electron chi connectivity index (χ4n) is 3.05. The standard InChI is InChI=1S/C25H20ClN3O3S/c26-22-12-5-4-11-21(22)25-29-19(16-33-25)14-23(30)28-18-9-6-10-20(13-18)32-15-24(31)27-17-7-2-1-3-8-17/h1-13,16H,14-15H2,(H,27,31)(H,28,30). The van der Waals surface area contributed by atoms with Crippen LogP contribution in [0.25, 0.3) is 10.6 Å². The number of hydrogen-bond donors (Lipinski definition) is 2. The molecular formula is C25H20ClN3O3S. The number of rotatable bonds is 8. The van der Waals surface area contributed by atoms with Crippen molar-refractivity contribution in [2.45, 2.75) is 6.42 Å². The van der Waals surface area contributed by atoms with Crippen LogP contribution in [-0.4, -0.2) is 23.4 Å². The van der Waals surface area contributed by atoms with Gasteiger partial charge in [-0.2, -0.15) is 0 Å². The van der Waals surface area contributed by atoms with E-state index in [-0.39, 0.29) is 24.8 Å². The smallest absolute Gasteiger partial charge is 0.262 e. The maximum atomic E-state index is 12.5. The summed E-state index contributed by atoms with van der Waals surface area (Å²) in [5.41, 5.74) is 2.78. The first-order chi connectivity index (χ1) is 16.1. The molecular weight excluding hydrogens is 458 g/mol. The SMILES string of the molecule is O=C(COc1cccc(NC(=O)Cc2csc(-c3ccccc3Cl)n2)c1)Nc1ccccc1. The molecule has 0 unspecified atom stereocenters. The first-order valence-corrected chi connectivity index (χ1v) is 11.4. The molecule has 0 bridgehead atoms. The number of ether oxygens (including phenoxy) is 1. The van der Waals surface area contributed by atoms with Crippen LogP contribution in [0.4, 0.5) is 11.4 Å². The van der Waals surface area contributed by atoms with Crippen LogP contribution in [0.15, 0.2) is 84.2 Å². The molecule has 0 atom stereocenters. The number of hydrogen-bond acceptors (Lipinski definition) is 5. The number of thiazole rings is 1. The maximum absolute atomic E-state index is 12.5. The summed E-state index contributed by atoms with van der Waals surface area (Å²) in [6.45, 7) is -0.143. The van der Waals surface area contributed by atoms with Gasteiger partial charge in [-0.15, -0.1) is 11.3 Å². The van der Waals surface area contributed by atoms with Gasteiger partial charge in [-0.3, -0.25) is 9.59 Å². The van der Waals surface area contributed by atoms with Crippen molar-refractivity contribution < 1.29 is 14.3 Å². The Morgan fingerprint density at radius 1 is 0.879 bits per heavy atom. The number of aromatic nitrogens is 1. The predicted octanol–water partition coefficient (Wildman–Crippen LogP) is 5.66. The van der Waals surface area contributed by atoms with Crippen LogP contribution in [0.3, 0.4) is 0 Å². The number of para-hydroxylation sites is 1. The average molecular weight is 478 g/mol. The number of amides is 2. The van der Waals surface area contributed by atoms with Gasteiger partial charge in [0.15, 0.2) is 6.61 Å². The number of halogens is 1. The fraction of sp³-hybridized carbons (Fsp3) is 0.0800. The Labute approximate surface area is 200 Å². The Bertz CT molecular complexity index is 1260. The molecule has 1 aromatic heterocycles. The van der Waals surface area contributed by atoms with Crippen molar-refractivity contribution in [2.24, 2.45) is 0 Å². The van der Waals surface area contributed by atoms with E-state index in [9.17, 15) is 9.59 Å². The highest BCUT2D eigenvalue weighted by Crippen LogP contribution is 2.30. The van der Waals surface area contributed by atoms with Gasteiger partial charge in [-0.1, -0.05) is 54.1 Å². The zero-order chi connectivity index (χ0) is 23.0. The number of carbonyl (C=O) groups excluding carboxylic acids is 2. The van der Waals surface area contributed by atoms with Crippen molar-refractivity contribution in [1.29, 1.82) is 0 Å². The molecule has 2 amide bonds. The van der Waals surface area contributed by atoms with E-state index in [1.165, 1.54) is 11.3 Å². The van der Waals surface area contributed by atoms with E-state index < -0.39 is 0 Å². The van der Waals surface area contributed by atoms with E-state index in [1.807, 2.05) is 47.8 Å². The lowest BCUT2D eigenvalue weighted by Gasteiger charge is -2.09. The number of anilines is 2. The van der Waals surface area contributed by atoms with Crippen LogP contribution in [-0.2, 0) is 16.0 Å². The highest BCUT2D eigenvalue weighted by molar-refractivity contribution is 7.13. The summed E-state index contributed by atoms with van der Waals surface area (Å²) in [5, 5.41) is 8.84. The van der Waals surface area contributed by atoms with Crippen molar-refractivity contribution >= 4 is 46.1 Å². The average Bonchev–Trinajstić information content (AvgIpc) is 3.27. The monoisotopic (exact) mass is 477 g/mol. The van der Waals surface area contributed by atoms with Crippen LogP contribution < -0.4 is 15.4 Å². The van der Waals surface area contributed by atoms with Gasteiger partial charge in [0.05, 0.1) is 17.1 Å². The molecule has 0 radical (unpaired) electrons. The van der Waals surface area contributed by atoms with E-state index >= 15 is 0 Å². The molecule has 0 aliphatic rings. The third-order valence-corrected chi connectivity index (χ3v) is 5.80. The Morgan fingerprint density at radius 3 is 2.42 bits per heavy atom. The molecule has 4 aromatic rings. The Balaban J connectivity index is 1.30. The van der Waals surface area contributed by atoms with E-state index in [4.69, 9.17) is 16.3 Å². The molecule has 0 aliphatic heterocycles. The first kappa shape index (κ1) is 22.5. The summed E-state index contributed by atoms with van der Waals surface area (Å²) in [5.74, 6) is 0.00384. The van der Waals surface area contributed by atoms with E-state index in [0.29, 0.717) is 27.8 Å². The molecule has 0 saturated heterocycles. The van der Waals surface area contributed by atoms with Crippen LogP contribution in [0.5, 0.6) is 5.75 Å². The summed E-state index contributed by atoms with van der Waals surface area (Å²) >= 11 is 7.68. The first-order valence-electron chi connectivity index (χ1n) is 10.1. The minimum absolute atomic E-state index is 0.130. The summed E-state index contributed by atoms with van der Waals surface area (Å²) in [7, 11) is 0. The molecule has 4 rings (SSSR count). The predicted molar refractivity (Wildman–Crippen MR) is 132 cm³/mol. The van der Waals surface area contributed by atoms with Gasteiger partial charge in [0, 0.05) is 28.4 Å². The molecule has 33 heavy (non-hydrogen) atoms. The molecule has 1 heterocycles. The van der Waals surface area contributed by atoms with Gasteiger partial charge in [0.25, 0.3) is 5.91 Å². The van der Waals surface area contributed by atoms with Crippen molar-refractivity contribution in [3.8, 4) is 16.3 Å². The van der Waals surface area contributed by atoms with Crippen molar-refractivity contribution in [3.63, 3.8) is 0 Å². The summed E-state index contributed by atoms with van der Waals surface area (Å²) in [4.78, 5) is 29.1. The second-order valence-electron chi connectivity index (χ2n) is 7.08. The van der Waals surface area contributed by atoms with Crippen LogP contribution in [0.2, 0.25) is 5.02 Å². The normalized spacial score (nSPS) is 10.5. The molecule has 0 aliphatic carbocycles. The Kier molecular flexibility index (Phi) is 7.34. The van der Waals surface area contributed by atoms with Crippen molar-refractivity contribution in [1.82, 2.24) is 4.98 Å². The number of nitrogens with zero attached hydrogens (tertiary/aromatic N) is 1. The number of carbonyl (C=O) groups is 2. The molecule has 3 aromatic carbocycles. The lowest BCUT2D eigenvalue weighted by Crippen LogP contribution is -2.20. The third-order valence-electron chi connectivity index (χ3n) is 4.54. The summed E-state index contributed by atoms with van der Waals surface area (Å²) < 4.78 is 5.56. The lowest BCUT2D eigenvalue weighted by atomic mass is 10.2. The van der Waals surface area contributed by atoms with Gasteiger partial charge in [-0.05, 0) is 30.3 Å². The van der Waals surface area contributed by atoms with E-state index in [0.717, 1.165) is 10.6 Å². The largest absolute Gasteiger partial charge is 0.484 e. The molecule has 0 fully saturated rings. The van der Waals surface area contributed by atoms with Crippen molar-refractivity contribution in [3.05, 3.63) is 95.0 Å². The molecule has 166 valence electrons. The van der Waals surface area contributed by atoms with Gasteiger partial charge in [0.1, 0.15) is 10.8 Å². The minimum atomic E-state index is -0.270. The lowest BCUT2D eigenvalue weighted by molar-refractivity contribution is -0.118. The Hall–Kier alpha value is -3.68. The second kappa shape index (κ2) is 10.8. The molecule has 6 nitrogen and oxygen atoms in total. The van der Waals surface area contributed by atoms with E-state index in [2.05, 4.69) is 15.6 Å². The zero-order valence-electron chi connectivity index (χ0n) is 17.5. The summed E-state index contributed by atoms with van der Waals surface area (Å²) in [6.07, 6.45) is 0.130. The Morgan fingerprint density at radius 2 is 1.61 bits per heavy atom. The van der Waals surface area contributed by atoms with Crippen LogP contribution in [0, 0.1) is 0 Å². The maximum Gasteiger partial charge on any atom is 0.262 e. The number of nitrogens with one attached hydrogen (secondary N) is 2. The third kappa shape index (κ3) is 6.41. The van der Waals surface area contributed by atoms with Gasteiger partial charge in [0.2, 0.25) is 5.91 Å². The minimum Gasteiger partial charge on any atom is -0.484 e. The van der Waals surface area contributed by atoms with Gasteiger partial charge in [-0.25, -0.2) is 4.98 Å². The topological polar surface area (TPSA) is 80.3 Å². The summed E-state index contributed by atoms with van der Waals surface area (Å²) in [6, 6.07) is 23.5. The fourth-order valence-corrected chi connectivity index (χ4v) is 4.19. The van der Waals surface area contributed by atoms with Crippen LogP contribution >= 0.6 is 22.9 Å². The highest BCUT2D eigenvalue weighted by Gasteiger charge is 2.12. The van der Waals surface area contributed by atoms with Gasteiger partial charge >= 0.3 is 0 Å². The molecule has 2 N–H and O–H groups in total. The number of benzene rings is 3. The van der Waals surface area contributed by atoms with Gasteiger partial charge < -0.3 is 15.4 Å². The van der Waals surface area contributed by atoms with Crippen LogP contribution in [0.1, 0.15) is 5.69 Å². The molecule has 0 spiro atoms. The van der Waals surface area contributed by atoms with Crippen molar-refractivity contribution in [2.75, 3.05) is 17.2 Å². The second-order valence-corrected chi connectivity index (χ2v) is 8.34. The molecule has 0 saturated carbocycles. The quantitative estimate of drug-likeness (QED) is 0.343. The van der Waals surface area contributed by atoms with E-state index in [1.54, 1.807) is 36.4 Å². The molecule has 8 heteroatoms. The zero-order valence-corrected chi connectivity index (χ0v) is 19.0. The highest BCUT2D eigenvalue weighted by atomic mass is 35.5.